The number of pyridine rings is 1. The number of aromatic amines is 1. The quantitative estimate of drug-likeness (QED) is 0.762. The van der Waals surface area contributed by atoms with E-state index in [1.807, 2.05) is 0 Å². The van der Waals surface area contributed by atoms with Gasteiger partial charge in [-0.25, -0.2) is 0 Å². The maximum absolute atomic E-state index is 5.22. The molecule has 0 unspecified atom stereocenters. The topological polar surface area (TPSA) is 53.6 Å². The Labute approximate surface area is 84.7 Å². The van der Waals surface area contributed by atoms with Crippen LogP contribution >= 0.6 is 15.9 Å². The summed E-state index contributed by atoms with van der Waals surface area (Å²) < 4.78 is 0.928. The molecule has 0 fully saturated rings. The highest BCUT2D eigenvalue weighted by molar-refractivity contribution is 9.10. The van der Waals surface area contributed by atoms with Crippen LogP contribution < -0.4 is 5.23 Å². The van der Waals surface area contributed by atoms with Gasteiger partial charge in [0.05, 0.1) is 17.4 Å². The van der Waals surface area contributed by atoms with Crippen LogP contribution in [0.2, 0.25) is 0 Å². The number of H-pyrrole nitrogens is 1. The van der Waals surface area contributed by atoms with Crippen LogP contribution in [0.25, 0.3) is 10.9 Å². The molecule has 0 spiro atoms. The van der Waals surface area contributed by atoms with E-state index in [0.717, 1.165) is 21.1 Å². The lowest BCUT2D eigenvalue weighted by atomic mass is 10.2. The van der Waals surface area contributed by atoms with Crippen molar-refractivity contribution in [3.8, 4) is 0 Å². The standard InChI is InChI=1S/C7H6BBrN4/c8-11-3-6-7-4(1-12-13-7)5(9)2-10-6/h1-2,11H,3H2,(H,12,13). The summed E-state index contributed by atoms with van der Waals surface area (Å²) >= 11 is 3.39. The number of nitrogens with one attached hydrogen (secondary N) is 2. The first-order chi connectivity index (χ1) is 6.33. The second-order valence-electron chi connectivity index (χ2n) is 2.59. The molecule has 2 aromatic rings. The van der Waals surface area contributed by atoms with Crippen molar-refractivity contribution in [2.24, 2.45) is 0 Å². The molecule has 0 saturated carbocycles. The Morgan fingerprint density at radius 1 is 1.54 bits per heavy atom. The first-order valence-corrected chi connectivity index (χ1v) is 4.52. The van der Waals surface area contributed by atoms with Crippen LogP contribution in [0.15, 0.2) is 16.9 Å². The molecule has 0 bridgehead atoms. The third-order valence-electron chi connectivity index (χ3n) is 1.79. The molecule has 4 nitrogen and oxygen atoms in total. The van der Waals surface area contributed by atoms with E-state index in [-0.39, 0.29) is 0 Å². The summed E-state index contributed by atoms with van der Waals surface area (Å²) in [4.78, 5) is 4.21. The SMILES string of the molecule is [B]NCc1ncc(Br)c2cn[nH]c12. The molecule has 13 heavy (non-hydrogen) atoms. The van der Waals surface area contributed by atoms with E-state index in [2.05, 4.69) is 36.3 Å². The van der Waals surface area contributed by atoms with Gasteiger partial charge in [0.25, 0.3) is 0 Å². The highest BCUT2D eigenvalue weighted by Crippen LogP contribution is 2.22. The van der Waals surface area contributed by atoms with Crippen LogP contribution in [-0.2, 0) is 6.54 Å². The lowest BCUT2D eigenvalue weighted by Gasteiger charge is -2.01. The fourth-order valence-electron chi connectivity index (χ4n) is 1.19. The fraction of sp³-hybridized carbons (Fsp3) is 0.143. The number of halogens is 1. The van der Waals surface area contributed by atoms with Gasteiger partial charge in [-0.05, 0) is 15.9 Å². The van der Waals surface area contributed by atoms with Gasteiger partial charge in [-0.3, -0.25) is 10.1 Å². The molecular formula is C7H6BBrN4. The molecule has 0 aliphatic heterocycles. The molecule has 0 aromatic carbocycles. The van der Waals surface area contributed by atoms with E-state index in [0.29, 0.717) is 6.54 Å². The molecule has 6 heteroatoms. The Hall–Kier alpha value is -0.875. The number of fused-ring (bicyclic) bond motifs is 1. The van der Waals surface area contributed by atoms with Gasteiger partial charge in [0.1, 0.15) is 0 Å². The maximum Gasteiger partial charge on any atom is 0.178 e. The molecule has 64 valence electrons. The fourth-order valence-corrected chi connectivity index (χ4v) is 1.59. The van der Waals surface area contributed by atoms with Gasteiger partial charge in [-0.1, -0.05) is 0 Å². The monoisotopic (exact) mass is 236 g/mol. The molecule has 0 aliphatic rings. The Bertz CT molecular complexity index is 427. The van der Waals surface area contributed by atoms with Crippen molar-refractivity contribution in [3.63, 3.8) is 0 Å². The van der Waals surface area contributed by atoms with Gasteiger partial charge < -0.3 is 5.23 Å². The van der Waals surface area contributed by atoms with Gasteiger partial charge >= 0.3 is 0 Å². The normalized spacial score (nSPS) is 10.8. The van der Waals surface area contributed by atoms with Gasteiger partial charge in [0.2, 0.25) is 0 Å². The van der Waals surface area contributed by atoms with Crippen molar-refractivity contribution >= 4 is 34.8 Å². The number of aromatic nitrogens is 3. The molecule has 2 heterocycles. The lowest BCUT2D eigenvalue weighted by molar-refractivity contribution is 0.914. The van der Waals surface area contributed by atoms with E-state index in [1.165, 1.54) is 0 Å². The van der Waals surface area contributed by atoms with Crippen molar-refractivity contribution < 1.29 is 0 Å². The summed E-state index contributed by atoms with van der Waals surface area (Å²) in [7, 11) is 5.22. The van der Waals surface area contributed by atoms with Crippen LogP contribution in [-0.4, -0.2) is 23.2 Å². The summed E-state index contributed by atoms with van der Waals surface area (Å²) in [5.41, 5.74) is 1.77. The van der Waals surface area contributed by atoms with Gasteiger partial charge in [-0.2, -0.15) is 5.10 Å². The lowest BCUT2D eigenvalue weighted by Crippen LogP contribution is -2.09. The molecule has 2 rings (SSSR count). The molecule has 2 aromatic heterocycles. The second kappa shape index (κ2) is 3.47. The zero-order chi connectivity index (χ0) is 9.26. The van der Waals surface area contributed by atoms with Crippen LogP contribution in [0, 0.1) is 0 Å². The Kier molecular flexibility index (Phi) is 2.33. The summed E-state index contributed by atoms with van der Waals surface area (Å²) in [6.45, 7) is 0.520. The first kappa shape index (κ1) is 8.71. The number of hydrogen-bond acceptors (Lipinski definition) is 3. The summed E-state index contributed by atoms with van der Waals surface area (Å²) in [6.07, 6.45) is 3.49. The Morgan fingerprint density at radius 3 is 3.15 bits per heavy atom. The summed E-state index contributed by atoms with van der Waals surface area (Å²) in [5.74, 6) is 0. The average molecular weight is 237 g/mol. The molecule has 2 N–H and O–H groups in total. The molecule has 0 aliphatic carbocycles. The van der Waals surface area contributed by atoms with Gasteiger partial charge in [0, 0.05) is 22.6 Å². The predicted molar refractivity (Wildman–Crippen MR) is 54.2 cm³/mol. The van der Waals surface area contributed by atoms with E-state index in [1.54, 1.807) is 12.4 Å². The summed E-state index contributed by atoms with van der Waals surface area (Å²) in [6, 6.07) is 0. The highest BCUT2D eigenvalue weighted by atomic mass is 79.9. The summed E-state index contributed by atoms with van der Waals surface area (Å²) in [5, 5.41) is 10.4. The van der Waals surface area contributed by atoms with Crippen LogP contribution in [0.4, 0.5) is 0 Å². The average Bonchev–Trinajstić information content (AvgIpc) is 2.59. The van der Waals surface area contributed by atoms with E-state index in [4.69, 9.17) is 7.98 Å². The van der Waals surface area contributed by atoms with Crippen LogP contribution in [0.5, 0.6) is 0 Å². The van der Waals surface area contributed by atoms with E-state index < -0.39 is 0 Å². The second-order valence-corrected chi connectivity index (χ2v) is 3.45. The van der Waals surface area contributed by atoms with Crippen molar-refractivity contribution in [3.05, 3.63) is 22.6 Å². The first-order valence-electron chi connectivity index (χ1n) is 3.73. The van der Waals surface area contributed by atoms with Crippen LogP contribution in [0.3, 0.4) is 0 Å². The minimum atomic E-state index is 0.520. The minimum absolute atomic E-state index is 0.520. The highest BCUT2D eigenvalue weighted by Gasteiger charge is 2.06. The van der Waals surface area contributed by atoms with Gasteiger partial charge in [0.15, 0.2) is 7.98 Å². The third-order valence-corrected chi connectivity index (χ3v) is 2.42. The van der Waals surface area contributed by atoms with Crippen LogP contribution in [0.1, 0.15) is 5.69 Å². The Morgan fingerprint density at radius 2 is 2.38 bits per heavy atom. The number of rotatable bonds is 2. The molecule has 0 atom stereocenters. The van der Waals surface area contributed by atoms with Crippen molar-refractivity contribution in [2.75, 3.05) is 0 Å². The number of hydrogen-bond donors (Lipinski definition) is 2. The maximum atomic E-state index is 5.22. The molecule has 0 amide bonds. The largest absolute Gasteiger partial charge is 0.361 e. The van der Waals surface area contributed by atoms with Crippen molar-refractivity contribution in [1.82, 2.24) is 20.4 Å². The van der Waals surface area contributed by atoms with Crippen molar-refractivity contribution in [1.29, 1.82) is 0 Å². The Balaban J connectivity index is 2.64. The van der Waals surface area contributed by atoms with Gasteiger partial charge in [-0.15, -0.1) is 0 Å². The zero-order valence-electron chi connectivity index (χ0n) is 6.71. The van der Waals surface area contributed by atoms with E-state index >= 15 is 0 Å². The zero-order valence-corrected chi connectivity index (χ0v) is 8.30. The third kappa shape index (κ3) is 1.47. The molecule has 0 saturated heterocycles. The molecule has 2 radical (unpaired) electrons. The predicted octanol–water partition coefficient (Wildman–Crippen LogP) is 0.893. The van der Waals surface area contributed by atoms with Crippen molar-refractivity contribution in [2.45, 2.75) is 6.54 Å². The van der Waals surface area contributed by atoms with E-state index in [9.17, 15) is 0 Å². The minimum Gasteiger partial charge on any atom is -0.361 e. The number of nitrogens with zero attached hydrogens (tertiary/aromatic N) is 2. The molecular weight excluding hydrogens is 231 g/mol. The smallest absolute Gasteiger partial charge is 0.178 e.